The van der Waals surface area contributed by atoms with Crippen molar-refractivity contribution < 1.29 is 19.5 Å². The van der Waals surface area contributed by atoms with Gasteiger partial charge >= 0.3 is 0 Å². The Bertz CT molecular complexity index is 739. The summed E-state index contributed by atoms with van der Waals surface area (Å²) in [5, 5.41) is 0. The van der Waals surface area contributed by atoms with E-state index in [1.54, 1.807) is 0 Å². The molecule has 2 aromatic rings. The van der Waals surface area contributed by atoms with Gasteiger partial charge in [-0.05, 0) is 24.3 Å². The molecule has 2 fully saturated rings. The topological polar surface area (TPSA) is 13.0 Å². The Labute approximate surface area is 220 Å². The summed E-state index contributed by atoms with van der Waals surface area (Å²) in [5.41, 5.74) is 2.57. The number of rotatable bonds is 2. The van der Waals surface area contributed by atoms with Crippen molar-refractivity contribution >= 4 is 69.7 Å². The summed E-state index contributed by atoms with van der Waals surface area (Å²) in [4.78, 5) is 8.91. The first-order chi connectivity index (χ1) is 14.5. The minimum Gasteiger partial charge on any atom is -0.411 e. The van der Waals surface area contributed by atoms with E-state index in [4.69, 9.17) is 49.7 Å². The van der Waals surface area contributed by atoms with E-state index < -0.39 is 0 Å². The SMILES string of the molecule is S=C([S-])N1CCN(c2ccccc2)CC1.S=C([S-])N1CCN(c2ccccc2)CC1.[Zn]. The molecular formula is C22H26N4S4Zn-2. The first-order valence-corrected chi connectivity index (χ1v) is 11.7. The van der Waals surface area contributed by atoms with Crippen LogP contribution in [-0.4, -0.2) is 70.8 Å². The minimum absolute atomic E-state index is 0. The van der Waals surface area contributed by atoms with Crippen LogP contribution in [0.25, 0.3) is 0 Å². The molecule has 0 N–H and O–H groups in total. The van der Waals surface area contributed by atoms with Crippen molar-refractivity contribution in [1.82, 2.24) is 9.80 Å². The van der Waals surface area contributed by atoms with Gasteiger partial charge in [-0.3, -0.25) is 0 Å². The molecule has 0 aliphatic carbocycles. The molecule has 0 aromatic heterocycles. The Morgan fingerprint density at radius 3 is 1.10 bits per heavy atom. The van der Waals surface area contributed by atoms with Crippen LogP contribution in [0.15, 0.2) is 60.7 Å². The Balaban J connectivity index is 0.000000213. The summed E-state index contributed by atoms with van der Waals surface area (Å²) in [6, 6.07) is 20.9. The monoisotopic (exact) mass is 538 g/mol. The average molecular weight is 540 g/mol. The van der Waals surface area contributed by atoms with Gasteiger partial charge in [0.05, 0.1) is 0 Å². The van der Waals surface area contributed by atoms with Gasteiger partial charge in [-0.15, -0.1) is 0 Å². The van der Waals surface area contributed by atoms with Crippen LogP contribution >= 0.6 is 24.4 Å². The van der Waals surface area contributed by atoms with Crippen molar-refractivity contribution in [3.8, 4) is 0 Å². The number of hydrogen-bond donors (Lipinski definition) is 0. The predicted molar refractivity (Wildman–Crippen MR) is 140 cm³/mol. The third kappa shape index (κ3) is 8.06. The zero-order chi connectivity index (χ0) is 21.3. The van der Waals surface area contributed by atoms with E-state index >= 15 is 0 Å². The van der Waals surface area contributed by atoms with Crippen molar-refractivity contribution in [2.24, 2.45) is 0 Å². The van der Waals surface area contributed by atoms with Gasteiger partial charge in [0.2, 0.25) is 0 Å². The molecule has 0 radical (unpaired) electrons. The van der Waals surface area contributed by atoms with Crippen LogP contribution in [0.5, 0.6) is 0 Å². The van der Waals surface area contributed by atoms with Crippen LogP contribution in [0.1, 0.15) is 0 Å². The van der Waals surface area contributed by atoms with Crippen LogP contribution in [0.3, 0.4) is 0 Å². The number of anilines is 2. The van der Waals surface area contributed by atoms with Crippen molar-refractivity contribution in [2.45, 2.75) is 0 Å². The maximum Gasteiger partial charge on any atom is 0.0367 e. The van der Waals surface area contributed by atoms with Gasteiger partial charge in [-0.1, -0.05) is 45.0 Å². The molecule has 4 rings (SSSR count). The first-order valence-electron chi connectivity index (χ1n) is 10.1. The molecular weight excluding hydrogens is 514 g/mol. The number of para-hydroxylation sites is 2. The van der Waals surface area contributed by atoms with Gasteiger partial charge in [0.15, 0.2) is 0 Å². The largest absolute Gasteiger partial charge is 0.411 e. The van der Waals surface area contributed by atoms with Gasteiger partial charge in [0, 0.05) is 83.2 Å². The van der Waals surface area contributed by atoms with Crippen LogP contribution in [-0.2, 0) is 44.7 Å². The molecule has 0 atom stereocenters. The molecule has 0 bridgehead atoms. The van der Waals surface area contributed by atoms with Gasteiger partial charge in [-0.25, -0.2) is 0 Å². The Morgan fingerprint density at radius 2 is 0.839 bits per heavy atom. The predicted octanol–water partition coefficient (Wildman–Crippen LogP) is 3.28. The van der Waals surface area contributed by atoms with Crippen LogP contribution in [0, 0.1) is 0 Å². The zero-order valence-electron chi connectivity index (χ0n) is 17.6. The van der Waals surface area contributed by atoms with Crippen molar-refractivity contribution in [3.05, 3.63) is 60.7 Å². The standard InChI is InChI=1S/2C11H14N2S2.Zn/c2*14-11(15)13-8-6-12(7-9-13)10-4-2-1-3-5-10;/h2*1-5H,6-9H2,(H,14,15);/p-2. The van der Waals surface area contributed by atoms with Gasteiger partial charge < -0.3 is 69.3 Å². The number of nitrogens with zero attached hydrogens (tertiary/aromatic N) is 4. The molecule has 9 heteroatoms. The molecule has 2 aliphatic rings. The number of thiocarbonyl (C=S) groups is 2. The zero-order valence-corrected chi connectivity index (χ0v) is 23.8. The molecule has 162 valence electrons. The molecule has 2 aliphatic heterocycles. The molecule has 0 unspecified atom stereocenters. The quantitative estimate of drug-likeness (QED) is 0.323. The van der Waals surface area contributed by atoms with E-state index in [0.717, 1.165) is 52.4 Å². The van der Waals surface area contributed by atoms with E-state index in [0.29, 0.717) is 8.64 Å². The summed E-state index contributed by atoms with van der Waals surface area (Å²) in [6.45, 7) is 7.77. The maximum atomic E-state index is 4.99. The Morgan fingerprint density at radius 1 is 0.548 bits per heavy atom. The molecule has 31 heavy (non-hydrogen) atoms. The third-order valence-corrected chi connectivity index (χ3v) is 6.35. The smallest absolute Gasteiger partial charge is 0.0367 e. The van der Waals surface area contributed by atoms with E-state index in [2.05, 4.69) is 68.1 Å². The van der Waals surface area contributed by atoms with E-state index in [-0.39, 0.29) is 19.5 Å². The number of piperazine rings is 2. The summed E-state index contributed by atoms with van der Waals surface area (Å²) in [6.07, 6.45) is 0. The van der Waals surface area contributed by atoms with E-state index in [1.165, 1.54) is 11.4 Å². The van der Waals surface area contributed by atoms with E-state index in [9.17, 15) is 0 Å². The molecule has 4 nitrogen and oxygen atoms in total. The van der Waals surface area contributed by atoms with Crippen molar-refractivity contribution in [3.63, 3.8) is 0 Å². The molecule has 2 saturated heterocycles. The molecule has 0 saturated carbocycles. The van der Waals surface area contributed by atoms with Crippen molar-refractivity contribution in [1.29, 1.82) is 0 Å². The number of hydrogen-bond acceptors (Lipinski definition) is 6. The molecule has 2 heterocycles. The summed E-state index contributed by atoms with van der Waals surface area (Å²) < 4.78 is 1.20. The molecule has 2 aromatic carbocycles. The molecule has 0 spiro atoms. The van der Waals surface area contributed by atoms with Gasteiger partial charge in [0.1, 0.15) is 0 Å². The average Bonchev–Trinajstić information content (AvgIpc) is 2.81. The fourth-order valence-electron chi connectivity index (χ4n) is 3.57. The van der Waals surface area contributed by atoms with Crippen LogP contribution in [0.2, 0.25) is 0 Å². The summed E-state index contributed by atoms with van der Waals surface area (Å²) >= 11 is 20.0. The fraction of sp³-hybridized carbons (Fsp3) is 0.364. The van der Waals surface area contributed by atoms with Crippen LogP contribution in [0.4, 0.5) is 11.4 Å². The summed E-state index contributed by atoms with van der Waals surface area (Å²) in [5.74, 6) is 0. The normalized spacial score (nSPS) is 16.0. The number of benzene rings is 2. The van der Waals surface area contributed by atoms with Crippen LogP contribution < -0.4 is 9.80 Å². The first kappa shape index (κ1) is 26.1. The second kappa shape index (κ2) is 13.4. The van der Waals surface area contributed by atoms with Gasteiger partial charge in [0.25, 0.3) is 0 Å². The fourth-order valence-corrected chi connectivity index (χ4v) is 4.30. The second-order valence-corrected chi connectivity index (χ2v) is 9.21. The molecule has 0 amide bonds. The third-order valence-electron chi connectivity index (χ3n) is 5.32. The second-order valence-electron chi connectivity index (χ2n) is 7.15. The van der Waals surface area contributed by atoms with Crippen molar-refractivity contribution in [2.75, 3.05) is 62.2 Å². The minimum atomic E-state index is 0. The Hall–Kier alpha value is -1.12. The van der Waals surface area contributed by atoms with E-state index in [1.807, 2.05) is 12.1 Å². The summed E-state index contributed by atoms with van der Waals surface area (Å²) in [7, 11) is 0. The van der Waals surface area contributed by atoms with Gasteiger partial charge in [-0.2, -0.15) is 0 Å². The Kier molecular flexibility index (Phi) is 11.3. The maximum absolute atomic E-state index is 4.99.